The van der Waals surface area contributed by atoms with E-state index in [2.05, 4.69) is 10.5 Å². The van der Waals surface area contributed by atoms with Crippen LogP contribution in [-0.4, -0.2) is 26.8 Å². The van der Waals surface area contributed by atoms with Gasteiger partial charge in [0.15, 0.2) is 0 Å². The van der Waals surface area contributed by atoms with Gasteiger partial charge in [0.05, 0.1) is 22.5 Å². The minimum absolute atomic E-state index is 0.0509. The van der Waals surface area contributed by atoms with Crippen LogP contribution in [0, 0.1) is 6.92 Å². The molecule has 6 heteroatoms. The maximum Gasteiger partial charge on any atom is 0.272 e. The van der Waals surface area contributed by atoms with Crippen molar-refractivity contribution in [2.75, 3.05) is 0 Å². The monoisotopic (exact) mass is 411 g/mol. The number of hydrogen-bond donors (Lipinski definition) is 3. The van der Waals surface area contributed by atoms with Crippen molar-refractivity contribution in [1.82, 2.24) is 10.4 Å². The summed E-state index contributed by atoms with van der Waals surface area (Å²) in [5.41, 5.74) is 7.28. The molecule has 1 amide bonds. The first-order valence-electron chi connectivity index (χ1n) is 9.76. The van der Waals surface area contributed by atoms with Gasteiger partial charge in [0.2, 0.25) is 0 Å². The summed E-state index contributed by atoms with van der Waals surface area (Å²) in [7, 11) is 0. The fraction of sp³-hybridized carbons (Fsp3) is 0.0800. The maximum absolute atomic E-state index is 13.0. The number of aromatic nitrogens is 1. The van der Waals surface area contributed by atoms with E-state index >= 15 is 0 Å². The second-order valence-corrected chi connectivity index (χ2v) is 7.28. The predicted octanol–water partition coefficient (Wildman–Crippen LogP) is 4.78. The van der Waals surface area contributed by atoms with Crippen LogP contribution in [0.5, 0.6) is 11.5 Å². The highest BCUT2D eigenvalue weighted by Gasteiger charge is 2.14. The smallest absolute Gasteiger partial charge is 0.272 e. The Morgan fingerprint density at radius 1 is 0.935 bits per heavy atom. The number of carbonyl (C=O) groups is 1. The largest absolute Gasteiger partial charge is 0.508 e. The van der Waals surface area contributed by atoms with Gasteiger partial charge < -0.3 is 10.2 Å². The number of nitrogens with one attached hydrogen (secondary N) is 1. The standard InChI is InChI=1S/C25H21N3O3/c1-15-6-5-7-17(12-15)23-14-21(20-8-3-4-9-22(20)26-23)25(31)28-27-16(2)19-11-10-18(29)13-24(19)30/h3-14,29-30H,1-2H3,(H,28,31). The molecule has 0 fully saturated rings. The average molecular weight is 411 g/mol. The number of rotatable bonds is 4. The first-order chi connectivity index (χ1) is 14.9. The number of pyridine rings is 1. The highest BCUT2D eigenvalue weighted by molar-refractivity contribution is 6.08. The average Bonchev–Trinajstić information content (AvgIpc) is 2.76. The summed E-state index contributed by atoms with van der Waals surface area (Å²) in [6, 6.07) is 21.4. The van der Waals surface area contributed by atoms with E-state index in [1.165, 1.54) is 18.2 Å². The number of fused-ring (bicyclic) bond motifs is 1. The van der Waals surface area contributed by atoms with Crippen molar-refractivity contribution >= 4 is 22.5 Å². The number of nitrogens with zero attached hydrogens (tertiary/aromatic N) is 2. The molecule has 4 rings (SSSR count). The number of aromatic hydroxyl groups is 2. The van der Waals surface area contributed by atoms with Gasteiger partial charge in [-0.15, -0.1) is 0 Å². The predicted molar refractivity (Wildman–Crippen MR) is 121 cm³/mol. The molecule has 0 radical (unpaired) electrons. The molecule has 31 heavy (non-hydrogen) atoms. The normalized spacial score (nSPS) is 11.5. The summed E-state index contributed by atoms with van der Waals surface area (Å²) < 4.78 is 0. The van der Waals surface area contributed by atoms with Crippen LogP contribution in [0.25, 0.3) is 22.2 Å². The Morgan fingerprint density at radius 2 is 1.74 bits per heavy atom. The summed E-state index contributed by atoms with van der Waals surface area (Å²) in [6.07, 6.45) is 0. The Balaban J connectivity index is 1.71. The molecule has 0 unspecified atom stereocenters. The summed E-state index contributed by atoms with van der Waals surface area (Å²) in [5.74, 6) is -0.554. The molecule has 3 aromatic carbocycles. The van der Waals surface area contributed by atoms with E-state index in [0.29, 0.717) is 28.0 Å². The van der Waals surface area contributed by atoms with Gasteiger partial charge in [-0.3, -0.25) is 4.79 Å². The lowest BCUT2D eigenvalue weighted by molar-refractivity contribution is 0.0956. The lowest BCUT2D eigenvalue weighted by Crippen LogP contribution is -2.20. The fourth-order valence-electron chi connectivity index (χ4n) is 3.40. The minimum atomic E-state index is -0.384. The molecule has 0 aliphatic carbocycles. The maximum atomic E-state index is 13.0. The van der Waals surface area contributed by atoms with E-state index in [1.54, 1.807) is 13.0 Å². The van der Waals surface area contributed by atoms with Crippen LogP contribution in [0.1, 0.15) is 28.4 Å². The van der Waals surface area contributed by atoms with Gasteiger partial charge in [0.25, 0.3) is 5.91 Å². The van der Waals surface area contributed by atoms with Crippen molar-refractivity contribution < 1.29 is 15.0 Å². The zero-order valence-corrected chi connectivity index (χ0v) is 17.1. The third kappa shape index (κ3) is 4.23. The van der Waals surface area contributed by atoms with Crippen LogP contribution in [0.2, 0.25) is 0 Å². The SMILES string of the molecule is CC(=NNC(=O)c1cc(-c2cccc(C)c2)nc2ccccc12)c1ccc(O)cc1O. The molecule has 154 valence electrons. The highest BCUT2D eigenvalue weighted by atomic mass is 16.3. The summed E-state index contributed by atoms with van der Waals surface area (Å²) >= 11 is 0. The number of hydrazone groups is 1. The Kier molecular flexibility index (Phi) is 5.37. The Morgan fingerprint density at radius 3 is 2.52 bits per heavy atom. The minimum Gasteiger partial charge on any atom is -0.508 e. The number of amides is 1. The van der Waals surface area contributed by atoms with E-state index in [1.807, 2.05) is 55.5 Å². The first-order valence-corrected chi connectivity index (χ1v) is 9.76. The number of phenols is 2. The lowest BCUT2D eigenvalue weighted by atomic mass is 10.0. The van der Waals surface area contributed by atoms with Crippen LogP contribution in [0.4, 0.5) is 0 Å². The zero-order chi connectivity index (χ0) is 22.0. The fourth-order valence-corrected chi connectivity index (χ4v) is 3.40. The molecule has 0 bridgehead atoms. The molecule has 0 saturated heterocycles. The Bertz CT molecular complexity index is 1330. The van der Waals surface area contributed by atoms with Crippen LogP contribution < -0.4 is 5.43 Å². The number of carbonyl (C=O) groups excluding carboxylic acids is 1. The van der Waals surface area contributed by atoms with Crippen molar-refractivity contribution in [3.63, 3.8) is 0 Å². The van der Waals surface area contributed by atoms with Crippen LogP contribution in [0.15, 0.2) is 77.9 Å². The Labute approximate surface area is 179 Å². The molecular formula is C25H21N3O3. The van der Waals surface area contributed by atoms with Gasteiger partial charge in [-0.05, 0) is 44.2 Å². The molecular weight excluding hydrogens is 390 g/mol. The molecule has 6 nitrogen and oxygen atoms in total. The lowest BCUT2D eigenvalue weighted by Gasteiger charge is -2.10. The van der Waals surface area contributed by atoms with Gasteiger partial charge in [-0.2, -0.15) is 5.10 Å². The summed E-state index contributed by atoms with van der Waals surface area (Å²) in [5, 5.41) is 24.3. The van der Waals surface area contributed by atoms with E-state index in [-0.39, 0.29) is 17.4 Å². The van der Waals surface area contributed by atoms with Crippen molar-refractivity contribution in [1.29, 1.82) is 0 Å². The van der Waals surface area contributed by atoms with Crippen molar-refractivity contribution in [2.24, 2.45) is 5.10 Å². The second-order valence-electron chi connectivity index (χ2n) is 7.28. The highest BCUT2D eigenvalue weighted by Crippen LogP contribution is 2.26. The summed E-state index contributed by atoms with van der Waals surface area (Å²) in [6.45, 7) is 3.67. The first kappa shape index (κ1) is 20.1. The van der Waals surface area contributed by atoms with Gasteiger partial charge in [-0.25, -0.2) is 10.4 Å². The van der Waals surface area contributed by atoms with Crippen molar-refractivity contribution in [3.8, 4) is 22.8 Å². The molecule has 0 saturated carbocycles. The third-order valence-corrected chi connectivity index (χ3v) is 4.97. The molecule has 1 aromatic heterocycles. The van der Waals surface area contributed by atoms with Gasteiger partial charge in [-0.1, -0.05) is 42.0 Å². The number of para-hydroxylation sites is 1. The van der Waals surface area contributed by atoms with Crippen LogP contribution >= 0.6 is 0 Å². The number of phenolic OH excluding ortho intramolecular Hbond substituents is 2. The number of benzene rings is 3. The Hall–Kier alpha value is -4.19. The molecule has 0 aliphatic rings. The van der Waals surface area contributed by atoms with Crippen LogP contribution in [0.3, 0.4) is 0 Å². The third-order valence-electron chi connectivity index (χ3n) is 4.97. The topological polar surface area (TPSA) is 94.8 Å². The number of aryl methyl sites for hydroxylation is 1. The van der Waals surface area contributed by atoms with Crippen molar-refractivity contribution in [2.45, 2.75) is 13.8 Å². The van der Waals surface area contributed by atoms with Crippen molar-refractivity contribution in [3.05, 3.63) is 89.5 Å². The van der Waals surface area contributed by atoms with E-state index in [9.17, 15) is 15.0 Å². The molecule has 0 atom stereocenters. The van der Waals surface area contributed by atoms with Gasteiger partial charge in [0.1, 0.15) is 11.5 Å². The van der Waals surface area contributed by atoms with E-state index in [4.69, 9.17) is 4.98 Å². The molecule has 1 heterocycles. The van der Waals surface area contributed by atoms with Crippen LogP contribution in [-0.2, 0) is 0 Å². The molecule has 4 aromatic rings. The van der Waals surface area contributed by atoms with E-state index in [0.717, 1.165) is 16.5 Å². The molecule has 0 spiro atoms. The van der Waals surface area contributed by atoms with Gasteiger partial charge >= 0.3 is 0 Å². The molecule has 0 aliphatic heterocycles. The summed E-state index contributed by atoms with van der Waals surface area (Å²) in [4.78, 5) is 17.8. The van der Waals surface area contributed by atoms with Gasteiger partial charge in [0, 0.05) is 22.6 Å². The number of hydrogen-bond acceptors (Lipinski definition) is 5. The zero-order valence-electron chi connectivity index (χ0n) is 17.1. The second kappa shape index (κ2) is 8.28. The molecule has 3 N–H and O–H groups in total. The van der Waals surface area contributed by atoms with E-state index < -0.39 is 0 Å². The quantitative estimate of drug-likeness (QED) is 0.333.